The van der Waals surface area contributed by atoms with E-state index in [1.807, 2.05) is 0 Å². The van der Waals surface area contributed by atoms with Crippen LogP contribution in [0.2, 0.25) is 0 Å². The van der Waals surface area contributed by atoms with E-state index in [1.54, 1.807) is 0 Å². The Morgan fingerprint density at radius 1 is 1.23 bits per heavy atom. The van der Waals surface area contributed by atoms with Crippen molar-refractivity contribution in [1.29, 1.82) is 0 Å². The van der Waals surface area contributed by atoms with E-state index in [9.17, 15) is 4.79 Å². The van der Waals surface area contributed by atoms with E-state index in [-0.39, 0.29) is 5.91 Å². The predicted octanol–water partition coefficient (Wildman–Crippen LogP) is 2.40. The van der Waals surface area contributed by atoms with E-state index in [0.717, 1.165) is 50.0 Å². The molecule has 0 spiro atoms. The Morgan fingerprint density at radius 2 is 1.95 bits per heavy atom. The fraction of sp³-hybridized carbons (Fsp3) is 0.765. The van der Waals surface area contributed by atoms with E-state index in [1.165, 1.54) is 12.8 Å². The van der Waals surface area contributed by atoms with E-state index < -0.39 is 0 Å². The number of fused-ring (bicyclic) bond motifs is 1. The number of nitrogens with one attached hydrogen (secondary N) is 1. The highest BCUT2D eigenvalue weighted by atomic mass is 16.5. The first kappa shape index (κ1) is 15.5. The Balaban J connectivity index is 1.62. The molecule has 0 radical (unpaired) electrons. The van der Waals surface area contributed by atoms with Crippen molar-refractivity contribution in [3.05, 3.63) is 17.0 Å². The summed E-state index contributed by atoms with van der Waals surface area (Å²) in [7, 11) is 0. The van der Waals surface area contributed by atoms with Crippen LogP contribution in [0.1, 0.15) is 61.3 Å². The Bertz CT molecular complexity index is 518. The zero-order chi connectivity index (χ0) is 15.5. The van der Waals surface area contributed by atoms with E-state index in [4.69, 9.17) is 4.52 Å². The van der Waals surface area contributed by atoms with Crippen LogP contribution >= 0.6 is 0 Å². The number of carbonyl (C=O) groups is 1. The number of amides is 1. The summed E-state index contributed by atoms with van der Waals surface area (Å²) in [6.45, 7) is 7.44. The van der Waals surface area contributed by atoms with Gasteiger partial charge in [0.25, 0.3) is 5.91 Å². The van der Waals surface area contributed by atoms with Gasteiger partial charge in [-0.15, -0.1) is 0 Å². The molecule has 5 nitrogen and oxygen atoms in total. The van der Waals surface area contributed by atoms with Crippen LogP contribution in [-0.4, -0.2) is 41.6 Å². The summed E-state index contributed by atoms with van der Waals surface area (Å²) in [5.74, 6) is 0.876. The van der Waals surface area contributed by atoms with Crippen molar-refractivity contribution < 1.29 is 9.32 Å². The molecule has 5 heteroatoms. The van der Waals surface area contributed by atoms with Crippen molar-refractivity contribution in [3.63, 3.8) is 0 Å². The van der Waals surface area contributed by atoms with E-state index >= 15 is 0 Å². The highest BCUT2D eigenvalue weighted by molar-refractivity contribution is 5.93. The average molecular weight is 305 g/mol. The molecule has 1 N–H and O–H groups in total. The number of aromatic nitrogens is 1. The lowest BCUT2D eigenvalue weighted by molar-refractivity contribution is 0.0889. The van der Waals surface area contributed by atoms with Gasteiger partial charge < -0.3 is 9.84 Å². The lowest BCUT2D eigenvalue weighted by Gasteiger charge is -2.30. The van der Waals surface area contributed by atoms with Crippen LogP contribution in [0, 0.1) is 5.92 Å². The molecule has 122 valence electrons. The maximum atomic E-state index is 12.5. The molecule has 1 atom stereocenters. The highest BCUT2D eigenvalue weighted by Crippen LogP contribution is 2.24. The van der Waals surface area contributed by atoms with Gasteiger partial charge in [0, 0.05) is 18.2 Å². The number of hydrogen-bond acceptors (Lipinski definition) is 4. The van der Waals surface area contributed by atoms with Crippen LogP contribution in [-0.2, 0) is 12.8 Å². The minimum atomic E-state index is -0.0968. The normalized spacial score (nSPS) is 20.1. The number of hydrogen-bond donors (Lipinski definition) is 1. The SMILES string of the molecule is CC(C)C(CNC(=O)c1onc2c1CCCC2)N1CCCC1. The van der Waals surface area contributed by atoms with Crippen molar-refractivity contribution in [2.24, 2.45) is 5.92 Å². The fourth-order valence-corrected chi connectivity index (χ4v) is 3.71. The second-order valence-electron chi connectivity index (χ2n) is 6.91. The first-order valence-electron chi connectivity index (χ1n) is 8.66. The molecule has 1 saturated heterocycles. The summed E-state index contributed by atoms with van der Waals surface area (Å²) in [5.41, 5.74) is 2.02. The second kappa shape index (κ2) is 6.82. The zero-order valence-electron chi connectivity index (χ0n) is 13.7. The Kier molecular flexibility index (Phi) is 4.81. The van der Waals surface area contributed by atoms with Crippen LogP contribution in [0.3, 0.4) is 0 Å². The topological polar surface area (TPSA) is 58.4 Å². The Labute approximate surface area is 132 Å². The van der Waals surface area contributed by atoms with Crippen molar-refractivity contribution >= 4 is 5.91 Å². The number of likely N-dealkylation sites (tertiary alicyclic amines) is 1. The predicted molar refractivity (Wildman–Crippen MR) is 84.9 cm³/mol. The van der Waals surface area contributed by atoms with Gasteiger partial charge in [0.05, 0.1) is 5.69 Å². The molecule has 1 aromatic rings. The lowest BCUT2D eigenvalue weighted by atomic mass is 9.96. The van der Waals surface area contributed by atoms with Crippen molar-refractivity contribution in [2.45, 2.75) is 58.4 Å². The first-order chi connectivity index (χ1) is 10.7. The van der Waals surface area contributed by atoms with Gasteiger partial charge >= 0.3 is 0 Å². The Morgan fingerprint density at radius 3 is 2.68 bits per heavy atom. The standard InChI is InChI=1S/C17H27N3O2/c1-12(2)15(20-9-5-6-10-20)11-18-17(21)16-13-7-3-4-8-14(13)19-22-16/h12,15H,3-11H2,1-2H3,(H,18,21). The van der Waals surface area contributed by atoms with Gasteiger partial charge in [-0.2, -0.15) is 0 Å². The van der Waals surface area contributed by atoms with Gasteiger partial charge in [0.1, 0.15) is 0 Å². The molecule has 2 heterocycles. The molecule has 1 aliphatic carbocycles. The molecule has 2 aliphatic rings. The number of nitrogens with zero attached hydrogens (tertiary/aromatic N) is 2. The highest BCUT2D eigenvalue weighted by Gasteiger charge is 2.27. The maximum Gasteiger partial charge on any atom is 0.290 e. The smallest absolute Gasteiger partial charge is 0.290 e. The molecular weight excluding hydrogens is 278 g/mol. The summed E-state index contributed by atoms with van der Waals surface area (Å²) in [6, 6.07) is 0.408. The summed E-state index contributed by atoms with van der Waals surface area (Å²) in [5, 5.41) is 7.15. The molecule has 22 heavy (non-hydrogen) atoms. The molecule has 1 unspecified atom stereocenters. The summed E-state index contributed by atoms with van der Waals surface area (Å²) in [4.78, 5) is 15.0. The second-order valence-corrected chi connectivity index (χ2v) is 6.91. The van der Waals surface area contributed by atoms with Gasteiger partial charge in [-0.25, -0.2) is 0 Å². The Hall–Kier alpha value is -1.36. The van der Waals surface area contributed by atoms with Gasteiger partial charge in [-0.1, -0.05) is 19.0 Å². The summed E-state index contributed by atoms with van der Waals surface area (Å²) < 4.78 is 5.32. The van der Waals surface area contributed by atoms with Crippen LogP contribution < -0.4 is 5.32 Å². The minimum absolute atomic E-state index is 0.0968. The number of carbonyl (C=O) groups excluding carboxylic acids is 1. The molecule has 1 aromatic heterocycles. The monoisotopic (exact) mass is 305 g/mol. The quantitative estimate of drug-likeness (QED) is 0.907. The van der Waals surface area contributed by atoms with E-state index in [2.05, 4.69) is 29.2 Å². The molecular formula is C17H27N3O2. The minimum Gasteiger partial charge on any atom is -0.350 e. The first-order valence-corrected chi connectivity index (χ1v) is 8.66. The van der Waals surface area contributed by atoms with Crippen molar-refractivity contribution in [2.75, 3.05) is 19.6 Å². The van der Waals surface area contributed by atoms with Crippen LogP contribution in [0.4, 0.5) is 0 Å². The van der Waals surface area contributed by atoms with Gasteiger partial charge in [0.2, 0.25) is 5.76 Å². The van der Waals surface area contributed by atoms with Gasteiger partial charge in [0.15, 0.2) is 0 Å². The van der Waals surface area contributed by atoms with Crippen LogP contribution in [0.25, 0.3) is 0 Å². The fourth-order valence-electron chi connectivity index (χ4n) is 3.71. The summed E-state index contributed by atoms with van der Waals surface area (Å²) in [6.07, 6.45) is 6.66. The molecule has 0 bridgehead atoms. The van der Waals surface area contributed by atoms with Crippen molar-refractivity contribution in [3.8, 4) is 0 Å². The van der Waals surface area contributed by atoms with Gasteiger partial charge in [-0.05, 0) is 57.5 Å². The van der Waals surface area contributed by atoms with Crippen LogP contribution in [0.15, 0.2) is 4.52 Å². The lowest BCUT2D eigenvalue weighted by Crippen LogP contribution is -2.45. The van der Waals surface area contributed by atoms with E-state index in [0.29, 0.717) is 24.3 Å². The third kappa shape index (κ3) is 3.19. The molecule has 1 amide bonds. The molecule has 1 aliphatic heterocycles. The summed E-state index contributed by atoms with van der Waals surface area (Å²) >= 11 is 0. The number of rotatable bonds is 5. The zero-order valence-corrected chi connectivity index (χ0v) is 13.7. The molecule has 3 rings (SSSR count). The average Bonchev–Trinajstić information content (AvgIpc) is 3.16. The molecule has 0 saturated carbocycles. The number of aryl methyl sites for hydroxylation is 1. The molecule has 0 aromatic carbocycles. The maximum absolute atomic E-state index is 12.5. The van der Waals surface area contributed by atoms with Gasteiger partial charge in [-0.3, -0.25) is 9.69 Å². The molecule has 1 fully saturated rings. The largest absolute Gasteiger partial charge is 0.350 e. The third-order valence-electron chi connectivity index (χ3n) is 5.02. The van der Waals surface area contributed by atoms with Crippen LogP contribution in [0.5, 0.6) is 0 Å². The van der Waals surface area contributed by atoms with Crippen molar-refractivity contribution in [1.82, 2.24) is 15.4 Å². The third-order valence-corrected chi connectivity index (χ3v) is 5.02.